The molecule has 6 heteroatoms. The summed E-state index contributed by atoms with van der Waals surface area (Å²) in [6.45, 7) is 2.64. The minimum Gasteiger partial charge on any atom is -0.497 e. The van der Waals surface area contributed by atoms with E-state index in [0.29, 0.717) is 16.3 Å². The van der Waals surface area contributed by atoms with Crippen LogP contribution in [0.25, 0.3) is 0 Å². The number of hydrogen-bond donors (Lipinski definition) is 2. The van der Waals surface area contributed by atoms with Crippen molar-refractivity contribution in [2.24, 2.45) is 0 Å². The molecule has 0 saturated heterocycles. The smallest absolute Gasteiger partial charge is 0.257 e. The molecule has 0 bridgehead atoms. The molecule has 0 aliphatic carbocycles. The van der Waals surface area contributed by atoms with Crippen LogP contribution in [0, 0.1) is 6.92 Å². The number of methoxy groups -OCH3 is 1. The van der Waals surface area contributed by atoms with Gasteiger partial charge in [-0.05, 0) is 54.8 Å². The largest absolute Gasteiger partial charge is 0.497 e. The van der Waals surface area contributed by atoms with Crippen LogP contribution in [0.3, 0.4) is 0 Å². The summed E-state index contributed by atoms with van der Waals surface area (Å²) in [6.07, 6.45) is 4.09. The third-order valence-corrected chi connectivity index (χ3v) is 4.74. The predicted molar refractivity (Wildman–Crippen MR) is 114 cm³/mol. The van der Waals surface area contributed by atoms with E-state index in [4.69, 9.17) is 16.3 Å². The average Bonchev–Trinajstić information content (AvgIpc) is 2.71. The molecule has 2 N–H and O–H groups in total. The van der Waals surface area contributed by atoms with E-state index in [2.05, 4.69) is 15.6 Å². The first-order valence-corrected chi connectivity index (χ1v) is 9.32. The summed E-state index contributed by atoms with van der Waals surface area (Å²) < 4.78 is 5.16. The van der Waals surface area contributed by atoms with Gasteiger partial charge in [-0.1, -0.05) is 29.8 Å². The molecular formula is C22H22ClN3O2. The fourth-order valence-electron chi connectivity index (χ4n) is 2.68. The maximum atomic E-state index is 12.5. The second-order valence-electron chi connectivity index (χ2n) is 6.41. The van der Waals surface area contributed by atoms with Gasteiger partial charge in [-0.3, -0.25) is 9.78 Å². The Kier molecular flexibility index (Phi) is 6.50. The maximum absolute atomic E-state index is 12.5. The number of rotatable bonds is 7. The van der Waals surface area contributed by atoms with Gasteiger partial charge in [0.05, 0.1) is 18.4 Å². The molecule has 1 amide bonds. The van der Waals surface area contributed by atoms with Gasteiger partial charge in [0.15, 0.2) is 0 Å². The molecule has 1 heterocycles. The number of anilines is 2. The highest BCUT2D eigenvalue weighted by atomic mass is 35.5. The molecule has 3 aromatic rings. The van der Waals surface area contributed by atoms with Gasteiger partial charge < -0.3 is 15.4 Å². The van der Waals surface area contributed by atoms with E-state index in [1.807, 2.05) is 43.3 Å². The van der Waals surface area contributed by atoms with Crippen LogP contribution in [-0.4, -0.2) is 24.5 Å². The van der Waals surface area contributed by atoms with Gasteiger partial charge >= 0.3 is 0 Å². The van der Waals surface area contributed by atoms with Crippen molar-refractivity contribution >= 4 is 28.9 Å². The number of aryl methyl sites for hydroxylation is 1. The quantitative estimate of drug-likeness (QED) is 0.593. The Labute approximate surface area is 169 Å². The average molecular weight is 396 g/mol. The van der Waals surface area contributed by atoms with Crippen molar-refractivity contribution in [3.63, 3.8) is 0 Å². The Morgan fingerprint density at radius 3 is 2.57 bits per heavy atom. The molecule has 1 aromatic heterocycles. The number of nitrogens with zero attached hydrogens (tertiary/aromatic N) is 1. The predicted octanol–water partition coefficient (Wildman–Crippen LogP) is 4.96. The zero-order chi connectivity index (χ0) is 19.9. The minimum absolute atomic E-state index is 0.230. The van der Waals surface area contributed by atoms with Crippen LogP contribution in [0.4, 0.5) is 11.4 Å². The number of carbonyl (C=O) groups excluding carboxylic acids is 1. The summed E-state index contributed by atoms with van der Waals surface area (Å²) in [5.41, 5.74) is 4.09. The lowest BCUT2D eigenvalue weighted by molar-refractivity contribution is 0.102. The van der Waals surface area contributed by atoms with Gasteiger partial charge in [0.2, 0.25) is 0 Å². The number of hydrogen-bond acceptors (Lipinski definition) is 4. The van der Waals surface area contributed by atoms with Gasteiger partial charge in [0, 0.05) is 29.6 Å². The number of benzene rings is 2. The first-order chi connectivity index (χ1) is 13.5. The third-order valence-electron chi connectivity index (χ3n) is 4.33. The number of halogens is 1. The topological polar surface area (TPSA) is 63.2 Å². The second kappa shape index (κ2) is 9.24. The summed E-state index contributed by atoms with van der Waals surface area (Å²) in [5, 5.41) is 6.76. The van der Waals surface area contributed by atoms with Gasteiger partial charge in [0.25, 0.3) is 5.91 Å². The molecule has 2 aromatic carbocycles. The Morgan fingerprint density at radius 1 is 1.07 bits per heavy atom. The normalized spacial score (nSPS) is 10.4. The van der Waals surface area contributed by atoms with Crippen molar-refractivity contribution < 1.29 is 9.53 Å². The number of amides is 1. The summed E-state index contributed by atoms with van der Waals surface area (Å²) in [6, 6.07) is 15.2. The summed E-state index contributed by atoms with van der Waals surface area (Å²) in [4.78, 5) is 16.6. The second-order valence-corrected chi connectivity index (χ2v) is 6.81. The first kappa shape index (κ1) is 19.7. The molecule has 0 radical (unpaired) electrons. The Balaban J connectivity index is 1.58. The number of ether oxygens (including phenoxy) is 1. The summed E-state index contributed by atoms with van der Waals surface area (Å²) >= 11 is 6.11. The zero-order valence-corrected chi connectivity index (χ0v) is 16.6. The van der Waals surface area contributed by atoms with E-state index in [1.165, 1.54) is 5.56 Å². The highest BCUT2D eigenvalue weighted by molar-refractivity contribution is 6.31. The van der Waals surface area contributed by atoms with Crippen molar-refractivity contribution in [1.82, 2.24) is 4.98 Å². The molecule has 0 saturated carbocycles. The van der Waals surface area contributed by atoms with Crippen molar-refractivity contribution in [1.29, 1.82) is 0 Å². The maximum Gasteiger partial charge on any atom is 0.257 e. The standard InChI is InChI=1S/C22H22ClN3O2/c1-15-3-6-18(12-21(15)23)26-22(27)17-11-19(14-24-13-17)25-10-9-16-4-7-20(28-2)8-5-16/h3-8,11-14,25H,9-10H2,1-2H3,(H,26,27). The number of nitrogens with one attached hydrogen (secondary N) is 2. The zero-order valence-electron chi connectivity index (χ0n) is 15.8. The Hall–Kier alpha value is -3.05. The van der Waals surface area contributed by atoms with E-state index in [0.717, 1.165) is 30.0 Å². The number of carbonyl (C=O) groups is 1. The van der Waals surface area contributed by atoms with Crippen molar-refractivity contribution in [2.45, 2.75) is 13.3 Å². The van der Waals surface area contributed by atoms with Crippen LogP contribution in [-0.2, 0) is 6.42 Å². The van der Waals surface area contributed by atoms with Gasteiger partial charge in [-0.15, -0.1) is 0 Å². The lowest BCUT2D eigenvalue weighted by Crippen LogP contribution is -2.13. The van der Waals surface area contributed by atoms with E-state index < -0.39 is 0 Å². The minimum atomic E-state index is -0.230. The van der Waals surface area contributed by atoms with E-state index in [1.54, 1.807) is 31.6 Å². The molecule has 0 aliphatic heterocycles. The molecular weight excluding hydrogens is 374 g/mol. The number of aromatic nitrogens is 1. The molecule has 5 nitrogen and oxygen atoms in total. The molecule has 0 atom stereocenters. The van der Waals surface area contributed by atoms with E-state index in [9.17, 15) is 4.79 Å². The summed E-state index contributed by atoms with van der Waals surface area (Å²) in [5.74, 6) is 0.612. The lowest BCUT2D eigenvalue weighted by Gasteiger charge is -2.10. The van der Waals surface area contributed by atoms with Crippen molar-refractivity contribution in [3.05, 3.63) is 82.6 Å². The van der Waals surface area contributed by atoms with E-state index in [-0.39, 0.29) is 5.91 Å². The van der Waals surface area contributed by atoms with Gasteiger partial charge in [-0.25, -0.2) is 0 Å². The first-order valence-electron chi connectivity index (χ1n) is 8.94. The van der Waals surface area contributed by atoms with Crippen LogP contribution in [0.5, 0.6) is 5.75 Å². The van der Waals surface area contributed by atoms with Crippen molar-refractivity contribution in [3.8, 4) is 5.75 Å². The van der Waals surface area contributed by atoms with Crippen LogP contribution < -0.4 is 15.4 Å². The summed E-state index contributed by atoms with van der Waals surface area (Å²) in [7, 11) is 1.65. The molecule has 0 aliphatic rings. The Bertz CT molecular complexity index is 958. The fourth-order valence-corrected chi connectivity index (χ4v) is 2.86. The molecule has 0 unspecified atom stereocenters. The number of pyridine rings is 1. The molecule has 0 spiro atoms. The van der Waals surface area contributed by atoms with Crippen LogP contribution in [0.15, 0.2) is 60.9 Å². The lowest BCUT2D eigenvalue weighted by atomic mass is 10.1. The van der Waals surface area contributed by atoms with Crippen LogP contribution in [0.1, 0.15) is 21.5 Å². The van der Waals surface area contributed by atoms with Gasteiger partial charge in [-0.2, -0.15) is 0 Å². The molecule has 144 valence electrons. The fraction of sp³-hybridized carbons (Fsp3) is 0.182. The monoisotopic (exact) mass is 395 g/mol. The SMILES string of the molecule is COc1ccc(CCNc2cncc(C(=O)Nc3ccc(C)c(Cl)c3)c2)cc1. The van der Waals surface area contributed by atoms with Gasteiger partial charge in [0.1, 0.15) is 5.75 Å². The Morgan fingerprint density at radius 2 is 1.86 bits per heavy atom. The molecule has 3 rings (SSSR count). The highest BCUT2D eigenvalue weighted by Crippen LogP contribution is 2.21. The highest BCUT2D eigenvalue weighted by Gasteiger charge is 2.08. The third kappa shape index (κ3) is 5.24. The molecule has 28 heavy (non-hydrogen) atoms. The molecule has 0 fully saturated rings. The van der Waals surface area contributed by atoms with E-state index >= 15 is 0 Å². The van der Waals surface area contributed by atoms with Crippen molar-refractivity contribution in [2.75, 3.05) is 24.3 Å². The van der Waals surface area contributed by atoms with Crippen LogP contribution >= 0.6 is 11.6 Å². The van der Waals surface area contributed by atoms with Crippen LogP contribution in [0.2, 0.25) is 5.02 Å².